The van der Waals surface area contributed by atoms with E-state index in [2.05, 4.69) is 20.0 Å². The van der Waals surface area contributed by atoms with Crippen LogP contribution in [0.2, 0.25) is 0 Å². The zero-order valence-electron chi connectivity index (χ0n) is 26.1. The van der Waals surface area contributed by atoms with E-state index >= 15 is 0 Å². The number of nitrogens with one attached hydrogen (secondary N) is 2. The first-order chi connectivity index (χ1) is 22.6. The Kier molecular flexibility index (Phi) is 9.33. The van der Waals surface area contributed by atoms with Crippen LogP contribution < -0.4 is 19.5 Å². The zero-order valence-corrected chi connectivity index (χ0v) is 27.8. The van der Waals surface area contributed by atoms with Crippen LogP contribution in [0.25, 0.3) is 11.4 Å². The third-order valence-electron chi connectivity index (χ3n) is 8.99. The average Bonchev–Trinajstić information content (AvgIpc) is 3.39. The maximum atomic E-state index is 14.1. The summed E-state index contributed by atoms with van der Waals surface area (Å²) < 4.78 is 39.8. The lowest BCUT2D eigenvalue weighted by molar-refractivity contribution is -0.140. The van der Waals surface area contributed by atoms with Crippen molar-refractivity contribution in [1.29, 1.82) is 0 Å². The van der Waals surface area contributed by atoms with Gasteiger partial charge in [-0.15, -0.1) is 11.3 Å². The fourth-order valence-electron chi connectivity index (χ4n) is 6.35. The molecule has 3 aromatic rings. The average molecular weight is 680 g/mol. The van der Waals surface area contributed by atoms with Crippen LogP contribution in [0, 0.1) is 17.8 Å². The monoisotopic (exact) mass is 679 g/mol. The van der Waals surface area contributed by atoms with Crippen molar-refractivity contribution in [2.45, 2.75) is 54.4 Å². The van der Waals surface area contributed by atoms with Gasteiger partial charge in [0.15, 0.2) is 5.82 Å². The number of carbonyl (C=O) groups is 3. The van der Waals surface area contributed by atoms with Crippen molar-refractivity contribution in [3.8, 4) is 23.1 Å². The number of sulfonamides is 1. The van der Waals surface area contributed by atoms with Gasteiger partial charge in [0.25, 0.3) is 15.9 Å². The van der Waals surface area contributed by atoms with Gasteiger partial charge in [0.1, 0.15) is 15.9 Å². The normalized spacial score (nSPS) is 27.1. The number of fused-ring (bicyclic) bond motifs is 2. The van der Waals surface area contributed by atoms with Gasteiger partial charge in [0.2, 0.25) is 23.6 Å². The summed E-state index contributed by atoms with van der Waals surface area (Å²) in [4.78, 5) is 52.1. The molecule has 0 bridgehead atoms. The summed E-state index contributed by atoms with van der Waals surface area (Å²) in [6.07, 6.45) is 6.30. The lowest BCUT2D eigenvalue weighted by Gasteiger charge is -2.26. The van der Waals surface area contributed by atoms with Crippen LogP contribution in [0.1, 0.15) is 38.5 Å². The van der Waals surface area contributed by atoms with Crippen molar-refractivity contribution >= 4 is 39.1 Å². The minimum absolute atomic E-state index is 0.00321. The van der Waals surface area contributed by atoms with Crippen LogP contribution in [-0.2, 0) is 24.4 Å². The number of rotatable bonds is 7. The molecule has 0 radical (unpaired) electrons. The molecule has 2 saturated carbocycles. The molecule has 6 rings (SSSR count). The van der Waals surface area contributed by atoms with Gasteiger partial charge < -0.3 is 19.7 Å². The number of hydrogen-bond donors (Lipinski definition) is 2. The molecule has 1 aliphatic heterocycles. The number of hydrogen-bond acceptors (Lipinski definition) is 10. The van der Waals surface area contributed by atoms with Gasteiger partial charge in [-0.2, -0.15) is 9.97 Å². The van der Waals surface area contributed by atoms with Crippen LogP contribution in [0.3, 0.4) is 0 Å². The standard InChI is InChI=1S/C33H37N5O7S2/c1-38-15-9-4-3-8-13-22-20-33(22,32(41)37-47(42,43)28-14-10-16-46-28)36-30(39)24-17-23(18-25(24)31(38)40)45-27-19-26(44-2)34-29(35-27)21-11-6-5-7-12-21/h5-8,10-14,16,19,22-25H,3-4,9,15,17-18,20H2,1-2H3,(H,36,39)(H,37,41)/b13-8-/t22-,23-,24-,25-,33-/m1/s1. The maximum absolute atomic E-state index is 14.1. The van der Waals surface area contributed by atoms with E-state index in [0.29, 0.717) is 18.2 Å². The lowest BCUT2D eigenvalue weighted by Crippen LogP contribution is -2.54. The molecule has 0 spiro atoms. The van der Waals surface area contributed by atoms with Crippen molar-refractivity contribution in [2.75, 3.05) is 20.7 Å². The van der Waals surface area contributed by atoms with E-state index in [9.17, 15) is 22.8 Å². The molecular formula is C33H37N5O7S2. The summed E-state index contributed by atoms with van der Waals surface area (Å²) >= 11 is 0.993. The highest BCUT2D eigenvalue weighted by molar-refractivity contribution is 7.92. The molecule has 5 atom stereocenters. The Morgan fingerprint density at radius 3 is 2.57 bits per heavy atom. The largest absolute Gasteiger partial charge is 0.481 e. The van der Waals surface area contributed by atoms with Crippen molar-refractivity contribution in [3.63, 3.8) is 0 Å². The molecule has 2 aromatic heterocycles. The smallest absolute Gasteiger partial charge is 0.273 e. The molecule has 14 heteroatoms. The second-order valence-electron chi connectivity index (χ2n) is 12.2. The highest BCUT2D eigenvalue weighted by atomic mass is 32.2. The Balaban J connectivity index is 1.26. The van der Waals surface area contributed by atoms with Crippen LogP contribution in [0.15, 0.2) is 70.3 Å². The predicted molar refractivity (Wildman–Crippen MR) is 174 cm³/mol. The molecular weight excluding hydrogens is 643 g/mol. The number of carbonyl (C=O) groups excluding carboxylic acids is 3. The fourth-order valence-corrected chi connectivity index (χ4v) is 8.38. The number of ether oxygens (including phenoxy) is 2. The predicted octanol–water partition coefficient (Wildman–Crippen LogP) is 3.57. The Morgan fingerprint density at radius 1 is 1.06 bits per heavy atom. The molecule has 3 amide bonds. The first-order valence-corrected chi connectivity index (χ1v) is 18.0. The minimum Gasteiger partial charge on any atom is -0.481 e. The minimum atomic E-state index is -4.12. The topological polar surface area (TPSA) is 157 Å². The van der Waals surface area contributed by atoms with Gasteiger partial charge >= 0.3 is 0 Å². The summed E-state index contributed by atoms with van der Waals surface area (Å²) in [7, 11) is -0.893. The molecule has 0 saturated heterocycles. The van der Waals surface area contributed by atoms with E-state index in [1.54, 1.807) is 29.5 Å². The number of amides is 3. The zero-order chi connectivity index (χ0) is 33.2. The SMILES string of the molecule is COc1cc(O[C@@H]2C[C@H]3C(=O)N[C@]4(C(=O)NS(=O)(=O)c5cccs5)C[C@H]4/C=C\CCCCN(C)C(=O)[C@@H]3C2)nc(-c2ccccc2)n1. The maximum Gasteiger partial charge on any atom is 0.273 e. The number of allylic oxidation sites excluding steroid dienone is 1. The van der Waals surface area contributed by atoms with Crippen LogP contribution in [0.4, 0.5) is 0 Å². The second-order valence-corrected chi connectivity index (χ2v) is 15.0. The first kappa shape index (κ1) is 32.6. The molecule has 47 heavy (non-hydrogen) atoms. The molecule has 12 nitrogen and oxygen atoms in total. The van der Waals surface area contributed by atoms with Gasteiger partial charge in [0.05, 0.1) is 25.0 Å². The molecule has 248 valence electrons. The third kappa shape index (κ3) is 7.03. The van der Waals surface area contributed by atoms with Crippen molar-refractivity contribution in [1.82, 2.24) is 24.9 Å². The molecule has 3 heterocycles. The van der Waals surface area contributed by atoms with Gasteiger partial charge in [-0.25, -0.2) is 13.1 Å². The van der Waals surface area contributed by atoms with E-state index < -0.39 is 45.3 Å². The summed E-state index contributed by atoms with van der Waals surface area (Å²) in [5.41, 5.74) is -0.685. The number of thiophene rings is 1. The van der Waals surface area contributed by atoms with Gasteiger partial charge in [-0.1, -0.05) is 48.6 Å². The van der Waals surface area contributed by atoms with Crippen molar-refractivity contribution in [3.05, 3.63) is 66.1 Å². The third-order valence-corrected chi connectivity index (χ3v) is 11.7. The molecule has 2 aliphatic carbocycles. The second kappa shape index (κ2) is 13.4. The van der Waals surface area contributed by atoms with Gasteiger partial charge in [0, 0.05) is 25.1 Å². The van der Waals surface area contributed by atoms with Crippen LogP contribution in [-0.4, -0.2) is 73.4 Å². The Morgan fingerprint density at radius 2 is 1.83 bits per heavy atom. The number of benzene rings is 1. The molecule has 0 unspecified atom stereocenters. The molecule has 2 fully saturated rings. The van der Waals surface area contributed by atoms with Gasteiger partial charge in [-0.3, -0.25) is 14.4 Å². The lowest BCUT2D eigenvalue weighted by atomic mass is 9.93. The molecule has 3 aliphatic rings. The first-order valence-electron chi connectivity index (χ1n) is 15.6. The number of aromatic nitrogens is 2. The highest BCUT2D eigenvalue weighted by Crippen LogP contribution is 2.47. The number of nitrogens with zero attached hydrogens (tertiary/aromatic N) is 3. The van der Waals surface area contributed by atoms with Crippen LogP contribution >= 0.6 is 11.3 Å². The van der Waals surface area contributed by atoms with E-state index in [4.69, 9.17) is 9.47 Å². The van der Waals surface area contributed by atoms with E-state index in [0.717, 1.165) is 36.2 Å². The highest BCUT2D eigenvalue weighted by Gasteiger charge is 2.62. The Hall–Kier alpha value is -4.30. The van der Waals surface area contributed by atoms with Crippen molar-refractivity contribution in [2.24, 2.45) is 17.8 Å². The summed E-state index contributed by atoms with van der Waals surface area (Å²) in [6.45, 7) is 0.545. The van der Waals surface area contributed by atoms with Crippen LogP contribution in [0.5, 0.6) is 11.8 Å². The Labute approximate surface area is 277 Å². The van der Waals surface area contributed by atoms with Crippen molar-refractivity contribution < 1.29 is 32.3 Å². The van der Waals surface area contributed by atoms with E-state index in [1.807, 2.05) is 42.5 Å². The quantitative estimate of drug-likeness (QED) is 0.357. The summed E-state index contributed by atoms with van der Waals surface area (Å²) in [5, 5.41) is 4.50. The number of methoxy groups -OCH3 is 1. The molecule has 1 aromatic carbocycles. The summed E-state index contributed by atoms with van der Waals surface area (Å²) in [6, 6.07) is 13.9. The Bertz CT molecular complexity index is 1770. The van der Waals surface area contributed by atoms with Gasteiger partial charge in [-0.05, 0) is 50.0 Å². The summed E-state index contributed by atoms with van der Waals surface area (Å²) in [5.74, 6) is -2.44. The fraction of sp³-hybridized carbons (Fsp3) is 0.424. The van der Waals surface area contributed by atoms with E-state index in [1.165, 1.54) is 13.2 Å². The molecule has 2 N–H and O–H groups in total. The van der Waals surface area contributed by atoms with E-state index in [-0.39, 0.29) is 41.2 Å².